The second kappa shape index (κ2) is 7.20. The molecule has 0 amide bonds. The predicted molar refractivity (Wildman–Crippen MR) is 101 cm³/mol. The highest BCUT2D eigenvalue weighted by atomic mass is 35.5. The summed E-state index contributed by atoms with van der Waals surface area (Å²) in [6.45, 7) is 0. The number of aromatic nitrogens is 1. The van der Waals surface area contributed by atoms with Gasteiger partial charge >= 0.3 is 0 Å². The van der Waals surface area contributed by atoms with Crippen molar-refractivity contribution in [2.45, 2.75) is 4.90 Å². The molecule has 7 nitrogen and oxygen atoms in total. The number of thiazole rings is 1. The van der Waals surface area contributed by atoms with E-state index in [4.69, 9.17) is 23.2 Å². The van der Waals surface area contributed by atoms with Crippen LogP contribution in [0, 0.1) is 10.1 Å². The molecular weight excluding hydrogens is 421 g/mol. The van der Waals surface area contributed by atoms with Gasteiger partial charge in [-0.25, -0.2) is 13.4 Å². The molecule has 0 bridgehead atoms. The number of nitro groups is 1. The first-order valence-corrected chi connectivity index (χ1v) is 10.1. The van der Waals surface area contributed by atoms with Crippen LogP contribution in [0.2, 0.25) is 10.0 Å². The topological polar surface area (TPSA) is 102 Å². The van der Waals surface area contributed by atoms with Crippen LogP contribution in [0.1, 0.15) is 0 Å². The molecule has 3 rings (SSSR count). The van der Waals surface area contributed by atoms with Crippen LogP contribution in [-0.4, -0.2) is 18.3 Å². The Morgan fingerprint density at radius 1 is 1.15 bits per heavy atom. The summed E-state index contributed by atoms with van der Waals surface area (Å²) >= 11 is 13.0. The molecule has 1 N–H and O–H groups in total. The van der Waals surface area contributed by atoms with Crippen LogP contribution >= 0.6 is 34.5 Å². The molecule has 0 aliphatic heterocycles. The van der Waals surface area contributed by atoms with Gasteiger partial charge in [-0.05, 0) is 24.3 Å². The number of sulfonamides is 1. The molecule has 0 fully saturated rings. The summed E-state index contributed by atoms with van der Waals surface area (Å²) in [5, 5.41) is 13.6. The number of benzene rings is 2. The fraction of sp³-hybridized carbons (Fsp3) is 0. The molecule has 0 spiro atoms. The standard InChI is InChI=1S/C15H9Cl2N3O4S2/c16-9-5-6-10(11(17)7-9)12-8-25-15(18-12)19-26(23,24)14-4-2-1-3-13(14)20(21)22/h1-8H,(H,18,19). The molecule has 134 valence electrons. The number of nitro benzene ring substituents is 1. The molecule has 1 heterocycles. The fourth-order valence-corrected chi connectivity index (χ4v) is 4.79. The van der Waals surface area contributed by atoms with Gasteiger partial charge in [-0.3, -0.25) is 14.8 Å². The number of nitrogens with zero attached hydrogens (tertiary/aromatic N) is 2. The van der Waals surface area contributed by atoms with E-state index in [1.807, 2.05) is 0 Å². The lowest BCUT2D eigenvalue weighted by atomic mass is 10.2. The zero-order chi connectivity index (χ0) is 18.9. The van der Waals surface area contributed by atoms with Crippen LogP contribution in [0.3, 0.4) is 0 Å². The maximum atomic E-state index is 12.5. The Kier molecular flexibility index (Phi) is 5.15. The number of hydrogen-bond acceptors (Lipinski definition) is 6. The highest BCUT2D eigenvalue weighted by Crippen LogP contribution is 2.33. The summed E-state index contributed by atoms with van der Waals surface area (Å²) in [6.07, 6.45) is 0. The van der Waals surface area contributed by atoms with Crippen molar-refractivity contribution in [1.29, 1.82) is 0 Å². The van der Waals surface area contributed by atoms with Crippen molar-refractivity contribution in [3.63, 3.8) is 0 Å². The van der Waals surface area contributed by atoms with Crippen molar-refractivity contribution >= 4 is 55.4 Å². The summed E-state index contributed by atoms with van der Waals surface area (Å²) in [4.78, 5) is 14.0. The first-order chi connectivity index (χ1) is 12.3. The third-order valence-corrected chi connectivity index (χ3v) is 6.11. The smallest absolute Gasteiger partial charge is 0.258 e. The maximum absolute atomic E-state index is 12.5. The van der Waals surface area contributed by atoms with Gasteiger partial charge in [0.2, 0.25) is 0 Å². The third kappa shape index (κ3) is 3.80. The van der Waals surface area contributed by atoms with Crippen molar-refractivity contribution in [1.82, 2.24) is 4.98 Å². The van der Waals surface area contributed by atoms with E-state index in [0.717, 1.165) is 23.5 Å². The molecule has 0 aliphatic carbocycles. The SMILES string of the molecule is O=[N+]([O-])c1ccccc1S(=O)(=O)Nc1nc(-c2ccc(Cl)cc2Cl)cs1. The van der Waals surface area contributed by atoms with Crippen LogP contribution < -0.4 is 4.72 Å². The second-order valence-corrected chi connectivity index (χ2v) is 8.34. The summed E-state index contributed by atoms with van der Waals surface area (Å²) < 4.78 is 27.2. The first-order valence-electron chi connectivity index (χ1n) is 6.95. The molecule has 26 heavy (non-hydrogen) atoms. The molecular formula is C15H9Cl2N3O4S2. The van der Waals surface area contributed by atoms with Crippen LogP contribution in [0.4, 0.5) is 10.8 Å². The van der Waals surface area contributed by atoms with Crippen LogP contribution in [-0.2, 0) is 10.0 Å². The number of hydrogen-bond donors (Lipinski definition) is 1. The van der Waals surface area contributed by atoms with Gasteiger partial charge in [0.05, 0.1) is 15.6 Å². The lowest BCUT2D eigenvalue weighted by molar-refractivity contribution is -0.387. The summed E-state index contributed by atoms with van der Waals surface area (Å²) in [5.74, 6) is 0. The van der Waals surface area contributed by atoms with E-state index in [0.29, 0.717) is 21.3 Å². The monoisotopic (exact) mass is 429 g/mol. The van der Waals surface area contributed by atoms with Crippen LogP contribution in [0.25, 0.3) is 11.3 Å². The molecule has 0 saturated carbocycles. The number of rotatable bonds is 5. The maximum Gasteiger partial charge on any atom is 0.289 e. The summed E-state index contributed by atoms with van der Waals surface area (Å²) in [5.41, 5.74) is 0.526. The van der Waals surface area contributed by atoms with Crippen molar-refractivity contribution in [3.05, 3.63) is 68.0 Å². The number of nitrogens with one attached hydrogen (secondary N) is 1. The van der Waals surface area contributed by atoms with Gasteiger partial charge < -0.3 is 0 Å². The Morgan fingerprint density at radius 3 is 2.58 bits per heavy atom. The summed E-state index contributed by atoms with van der Waals surface area (Å²) in [6, 6.07) is 9.93. The highest BCUT2D eigenvalue weighted by Gasteiger charge is 2.26. The van der Waals surface area contributed by atoms with Crippen molar-refractivity contribution in [2.75, 3.05) is 4.72 Å². The molecule has 3 aromatic rings. The van der Waals surface area contributed by atoms with E-state index < -0.39 is 25.5 Å². The van der Waals surface area contributed by atoms with Crippen molar-refractivity contribution in [2.24, 2.45) is 0 Å². The van der Waals surface area contributed by atoms with Crippen molar-refractivity contribution < 1.29 is 13.3 Å². The summed E-state index contributed by atoms with van der Waals surface area (Å²) in [7, 11) is -4.17. The highest BCUT2D eigenvalue weighted by molar-refractivity contribution is 7.93. The third-order valence-electron chi connectivity index (χ3n) is 3.28. The van der Waals surface area contributed by atoms with Crippen LogP contribution in [0.5, 0.6) is 0 Å². The average Bonchev–Trinajstić information content (AvgIpc) is 3.02. The van der Waals surface area contributed by atoms with E-state index >= 15 is 0 Å². The van der Waals surface area contributed by atoms with E-state index in [2.05, 4.69) is 9.71 Å². The first kappa shape index (κ1) is 18.6. The lowest BCUT2D eigenvalue weighted by Crippen LogP contribution is -2.14. The average molecular weight is 430 g/mol. The van der Waals surface area contributed by atoms with E-state index in [-0.39, 0.29) is 5.13 Å². The number of halogens is 2. The largest absolute Gasteiger partial charge is 0.289 e. The quantitative estimate of drug-likeness (QED) is 0.462. The molecule has 0 radical (unpaired) electrons. The van der Waals surface area contributed by atoms with Gasteiger partial charge in [-0.2, -0.15) is 0 Å². The molecule has 0 atom stereocenters. The number of para-hydroxylation sites is 1. The Morgan fingerprint density at radius 2 is 1.88 bits per heavy atom. The minimum atomic E-state index is -4.17. The Labute approximate surface area is 162 Å². The predicted octanol–water partition coefficient (Wildman–Crippen LogP) is 4.83. The fourth-order valence-electron chi connectivity index (χ4n) is 2.15. The van der Waals surface area contributed by atoms with Gasteiger partial charge in [0, 0.05) is 22.0 Å². The molecule has 1 aromatic heterocycles. The van der Waals surface area contributed by atoms with E-state index in [1.54, 1.807) is 23.6 Å². The van der Waals surface area contributed by atoms with Gasteiger partial charge in [-0.1, -0.05) is 35.3 Å². The van der Waals surface area contributed by atoms with Crippen molar-refractivity contribution in [3.8, 4) is 11.3 Å². The zero-order valence-electron chi connectivity index (χ0n) is 12.7. The van der Waals surface area contributed by atoms with E-state index in [1.165, 1.54) is 12.1 Å². The Bertz CT molecular complexity index is 1100. The van der Waals surface area contributed by atoms with Gasteiger partial charge in [0.25, 0.3) is 15.7 Å². The minimum absolute atomic E-state index is 0.0594. The van der Waals surface area contributed by atoms with Gasteiger partial charge in [-0.15, -0.1) is 11.3 Å². The zero-order valence-corrected chi connectivity index (χ0v) is 15.9. The van der Waals surface area contributed by atoms with Crippen LogP contribution in [0.15, 0.2) is 52.7 Å². The minimum Gasteiger partial charge on any atom is -0.258 e. The van der Waals surface area contributed by atoms with Gasteiger partial charge in [0.1, 0.15) is 0 Å². The molecule has 0 unspecified atom stereocenters. The Balaban J connectivity index is 1.93. The molecule has 0 saturated heterocycles. The second-order valence-electron chi connectivity index (χ2n) is 4.99. The lowest BCUT2D eigenvalue weighted by Gasteiger charge is -2.05. The normalized spacial score (nSPS) is 11.3. The molecule has 0 aliphatic rings. The number of anilines is 1. The molecule has 11 heteroatoms. The molecule has 2 aromatic carbocycles. The van der Waals surface area contributed by atoms with E-state index in [9.17, 15) is 18.5 Å². The Hall–Kier alpha value is -2.20. The van der Waals surface area contributed by atoms with Gasteiger partial charge in [0.15, 0.2) is 10.0 Å².